The maximum absolute atomic E-state index is 14.8. The van der Waals surface area contributed by atoms with Gasteiger partial charge in [0.2, 0.25) is 0 Å². The zero-order valence-corrected chi connectivity index (χ0v) is 30.6. The van der Waals surface area contributed by atoms with Crippen molar-refractivity contribution in [3.8, 4) is 0 Å². The number of carbonyl (C=O) groups is 2. The summed E-state index contributed by atoms with van der Waals surface area (Å²) in [6.45, 7) is 2.04. The van der Waals surface area contributed by atoms with Gasteiger partial charge in [-0.15, -0.1) is 0 Å². The molecule has 1 fully saturated rings. The Morgan fingerprint density at radius 2 is 1.20 bits per heavy atom. The van der Waals surface area contributed by atoms with E-state index in [4.69, 9.17) is 51.1 Å². The molecule has 0 aliphatic carbocycles. The fourth-order valence-corrected chi connectivity index (χ4v) is 9.34. The van der Waals surface area contributed by atoms with Crippen LogP contribution >= 0.6 is 46.4 Å². The number of para-hydroxylation sites is 2. The van der Waals surface area contributed by atoms with E-state index in [0.29, 0.717) is 57.6 Å². The van der Waals surface area contributed by atoms with Gasteiger partial charge in [0.05, 0.1) is 0 Å². The molecule has 1 saturated heterocycles. The summed E-state index contributed by atoms with van der Waals surface area (Å²) >= 11 is 26.6. The van der Waals surface area contributed by atoms with Crippen molar-refractivity contribution < 1.29 is 27.5 Å². The maximum Gasteiger partial charge on any atom is 0.490 e. The fraction of sp³-hybridized carbons (Fsp3) is 0.316. The second kappa shape index (κ2) is 13.7. The van der Waals surface area contributed by atoms with Crippen molar-refractivity contribution in [2.24, 2.45) is 0 Å². The number of fused-ring (bicyclic) bond motifs is 2. The zero-order chi connectivity index (χ0) is 36.4. The first-order valence-electron chi connectivity index (χ1n) is 16.4. The number of nitrogens with zero attached hydrogens (tertiary/aromatic N) is 3. The van der Waals surface area contributed by atoms with Crippen LogP contribution in [-0.4, -0.2) is 67.7 Å². The highest BCUT2D eigenvalue weighted by Gasteiger charge is 2.56. The summed E-state index contributed by atoms with van der Waals surface area (Å²) in [4.78, 5) is 31.3. The molecule has 13 heteroatoms. The Morgan fingerprint density at radius 1 is 0.745 bits per heavy atom. The van der Waals surface area contributed by atoms with Crippen molar-refractivity contribution in [1.82, 2.24) is 14.3 Å². The van der Waals surface area contributed by atoms with Crippen LogP contribution in [0.15, 0.2) is 72.8 Å². The number of ether oxygens (including phenoxy) is 1. The Bertz CT molecular complexity index is 1940. The third-order valence-corrected chi connectivity index (χ3v) is 11.4. The molecule has 6 nitrogen and oxygen atoms in total. The van der Waals surface area contributed by atoms with Gasteiger partial charge in [0, 0.05) is 81.4 Å². The number of amides is 1. The molecule has 4 aromatic rings. The Hall–Kier alpha value is -3.15. The quantitative estimate of drug-likeness (QED) is 0.149. The monoisotopic (exact) mass is 776 g/mol. The van der Waals surface area contributed by atoms with Gasteiger partial charge < -0.3 is 14.5 Å². The Balaban J connectivity index is 1.47. The molecule has 0 spiro atoms. The van der Waals surface area contributed by atoms with Gasteiger partial charge in [-0.25, -0.2) is 9.59 Å². The average Bonchev–Trinajstić information content (AvgIpc) is 3.40. The lowest BCUT2D eigenvalue weighted by atomic mass is 9.82. The predicted molar refractivity (Wildman–Crippen MR) is 194 cm³/mol. The number of likely N-dealkylation sites (N-methyl/N-ethyl adjacent to an activating group) is 2. The van der Waals surface area contributed by atoms with Gasteiger partial charge in [-0.3, -0.25) is 0 Å². The molecule has 1 amide bonds. The van der Waals surface area contributed by atoms with E-state index in [1.54, 1.807) is 12.1 Å². The molecule has 3 heterocycles. The summed E-state index contributed by atoms with van der Waals surface area (Å²) in [6, 6.07) is 22.1. The summed E-state index contributed by atoms with van der Waals surface area (Å²) in [7, 11) is 3.95. The third kappa shape index (κ3) is 6.56. The SMILES string of the molecule is CN1Cc2c(Cl)cc(Cl)cc2[C@H](c2ccccc2[N+]2(c3ccccc3[C@@H]3CN(C)Cc4c(Cl)cc(Cl)cc43)CC(OC(=O)C(F)(F)F)CC2=O)C1. The summed E-state index contributed by atoms with van der Waals surface area (Å²) < 4.78 is 45.1. The van der Waals surface area contributed by atoms with Crippen LogP contribution in [0.4, 0.5) is 24.5 Å². The van der Waals surface area contributed by atoms with Gasteiger partial charge in [-0.1, -0.05) is 82.8 Å². The summed E-state index contributed by atoms with van der Waals surface area (Å²) in [5.74, 6) is -3.35. The van der Waals surface area contributed by atoms with Crippen molar-refractivity contribution in [2.75, 3.05) is 33.7 Å². The van der Waals surface area contributed by atoms with Crippen molar-refractivity contribution in [2.45, 2.75) is 43.6 Å². The van der Waals surface area contributed by atoms with Crippen molar-refractivity contribution in [3.05, 3.63) is 126 Å². The molecule has 51 heavy (non-hydrogen) atoms. The van der Waals surface area contributed by atoms with Crippen LogP contribution in [-0.2, 0) is 27.4 Å². The van der Waals surface area contributed by atoms with Crippen LogP contribution in [0.25, 0.3) is 0 Å². The molecule has 0 saturated carbocycles. The molecular formula is C38H33Cl4F3N3O3+. The summed E-state index contributed by atoms with van der Waals surface area (Å²) in [5, 5.41) is 1.98. The second-order valence-corrected chi connectivity index (χ2v) is 15.3. The number of hydrogen-bond acceptors (Lipinski definition) is 5. The molecule has 4 aromatic carbocycles. The number of carbonyl (C=O) groups excluding carboxylic acids is 2. The standard InChI is InChI=1S/C38H33Cl4F3N3O3/c1-46-16-28(26-11-21(39)13-32(41)30(26)18-46)24-7-3-5-9-34(24)48(20-23(15-36(48)49)51-37(50)38(43,44)45)35-10-6-4-8-25(35)29-17-47(2)19-31-27(29)12-22(40)14-33(31)42/h3-14,23,28-29H,15-20H2,1-2H3/q+1/t23?,28-,29-/m0/s1. The Kier molecular flexibility index (Phi) is 9.72. The van der Waals surface area contributed by atoms with E-state index in [0.717, 1.165) is 33.4 Å². The molecule has 3 aliphatic heterocycles. The number of hydrogen-bond donors (Lipinski definition) is 0. The normalized spacial score (nSPS) is 22.1. The highest BCUT2D eigenvalue weighted by atomic mass is 35.5. The van der Waals surface area contributed by atoms with Crippen molar-refractivity contribution in [1.29, 1.82) is 0 Å². The van der Waals surface area contributed by atoms with Crippen LogP contribution in [0.1, 0.15) is 51.6 Å². The van der Waals surface area contributed by atoms with Crippen LogP contribution in [0, 0.1) is 0 Å². The first kappa shape index (κ1) is 36.2. The number of alkyl halides is 3. The summed E-state index contributed by atoms with van der Waals surface area (Å²) in [6.07, 6.45) is -6.98. The molecule has 266 valence electrons. The number of halogens is 7. The minimum atomic E-state index is -5.22. The predicted octanol–water partition coefficient (Wildman–Crippen LogP) is 9.50. The van der Waals surface area contributed by atoms with Crippen molar-refractivity contribution >= 4 is 69.7 Å². The number of quaternary nitrogens is 1. The zero-order valence-electron chi connectivity index (χ0n) is 27.6. The highest BCUT2D eigenvalue weighted by Crippen LogP contribution is 2.51. The molecule has 1 unspecified atom stereocenters. The van der Waals surface area contributed by atoms with Gasteiger partial charge >= 0.3 is 18.1 Å². The lowest BCUT2D eigenvalue weighted by Crippen LogP contribution is -2.49. The lowest BCUT2D eigenvalue weighted by Gasteiger charge is -2.40. The minimum absolute atomic E-state index is 0.244. The van der Waals surface area contributed by atoms with Crippen molar-refractivity contribution in [3.63, 3.8) is 0 Å². The number of benzene rings is 4. The van der Waals surface area contributed by atoms with Gasteiger partial charge in [0.15, 0.2) is 6.10 Å². The highest BCUT2D eigenvalue weighted by molar-refractivity contribution is 6.35. The molecular weight excluding hydrogens is 745 g/mol. The Labute approximate surface area is 313 Å². The van der Waals surface area contributed by atoms with Gasteiger partial charge in [-0.2, -0.15) is 17.7 Å². The van der Waals surface area contributed by atoms with E-state index in [-0.39, 0.29) is 18.4 Å². The molecule has 0 radical (unpaired) electrons. The van der Waals surface area contributed by atoms with E-state index in [9.17, 15) is 22.8 Å². The van der Waals surface area contributed by atoms with Crippen LogP contribution in [0.5, 0.6) is 0 Å². The number of rotatable bonds is 5. The largest absolute Gasteiger partial charge is 0.490 e. The topological polar surface area (TPSA) is 49.9 Å². The third-order valence-electron chi connectivity index (χ3n) is 10.2. The van der Waals surface area contributed by atoms with Crippen LogP contribution in [0.3, 0.4) is 0 Å². The average molecular weight is 779 g/mol. The molecule has 3 aliphatic rings. The summed E-state index contributed by atoms with van der Waals surface area (Å²) in [5.41, 5.74) is 6.31. The maximum atomic E-state index is 14.8. The van der Waals surface area contributed by atoms with E-state index in [1.807, 2.05) is 74.8 Å². The lowest BCUT2D eigenvalue weighted by molar-refractivity contribution is -0.204. The first-order chi connectivity index (χ1) is 24.2. The minimum Gasteiger partial charge on any atom is -0.449 e. The number of esters is 1. The molecule has 0 N–H and O–H groups in total. The molecule has 3 atom stereocenters. The second-order valence-electron chi connectivity index (χ2n) is 13.6. The van der Waals surface area contributed by atoms with E-state index >= 15 is 0 Å². The van der Waals surface area contributed by atoms with E-state index in [2.05, 4.69) is 9.80 Å². The fourth-order valence-electron chi connectivity index (χ4n) is 8.20. The van der Waals surface area contributed by atoms with Gasteiger partial charge in [0.1, 0.15) is 24.3 Å². The van der Waals surface area contributed by atoms with Gasteiger partial charge in [0.25, 0.3) is 0 Å². The first-order valence-corrected chi connectivity index (χ1v) is 17.9. The smallest absolute Gasteiger partial charge is 0.449 e. The van der Waals surface area contributed by atoms with E-state index < -0.39 is 35.1 Å². The molecule has 0 bridgehead atoms. The molecule has 0 aromatic heterocycles. The Morgan fingerprint density at radius 3 is 1.65 bits per heavy atom. The van der Waals surface area contributed by atoms with Crippen LogP contribution in [0.2, 0.25) is 20.1 Å². The van der Waals surface area contributed by atoms with E-state index in [1.165, 1.54) is 0 Å². The van der Waals surface area contributed by atoms with Crippen LogP contribution < -0.4 is 4.48 Å². The van der Waals surface area contributed by atoms with Gasteiger partial charge in [-0.05, 0) is 60.6 Å². The molecule has 7 rings (SSSR count).